The van der Waals surface area contributed by atoms with Gasteiger partial charge in [0.2, 0.25) is 0 Å². The van der Waals surface area contributed by atoms with Gasteiger partial charge >= 0.3 is 0 Å². The molecule has 0 saturated heterocycles. The fraction of sp³-hybridized carbons (Fsp3) is 0.176. The first kappa shape index (κ1) is 13.5. The van der Waals surface area contributed by atoms with Crippen molar-refractivity contribution in [3.8, 4) is 0 Å². The third kappa shape index (κ3) is 2.85. The number of hydrogen-bond acceptors (Lipinski definition) is 3. The molecule has 0 aliphatic carbocycles. The molecule has 1 N–H and O–H groups in total. The summed E-state index contributed by atoms with van der Waals surface area (Å²) in [5.74, 6) is 0.622. The van der Waals surface area contributed by atoms with Crippen LogP contribution in [0.25, 0.3) is 11.0 Å². The Hall–Kier alpha value is -2.46. The summed E-state index contributed by atoms with van der Waals surface area (Å²) in [6, 6.07) is 17.8. The van der Waals surface area contributed by atoms with Crippen molar-refractivity contribution in [2.24, 2.45) is 0 Å². The molecule has 4 nitrogen and oxygen atoms in total. The molecule has 1 heterocycles. The molecule has 0 saturated carbocycles. The zero-order chi connectivity index (χ0) is 14.7. The number of para-hydroxylation sites is 2. The highest BCUT2D eigenvalue weighted by molar-refractivity contribution is 5.83. The summed E-state index contributed by atoms with van der Waals surface area (Å²) >= 11 is 0. The number of ketones is 1. The maximum absolute atomic E-state index is 11.6. The Morgan fingerprint density at radius 1 is 1.05 bits per heavy atom. The van der Waals surface area contributed by atoms with Gasteiger partial charge in [-0.3, -0.25) is 4.79 Å². The van der Waals surface area contributed by atoms with Gasteiger partial charge in [-0.2, -0.15) is 0 Å². The molecule has 0 amide bonds. The van der Waals surface area contributed by atoms with Crippen LogP contribution in [0.15, 0.2) is 54.6 Å². The number of rotatable bonds is 5. The third-order valence-corrected chi connectivity index (χ3v) is 3.45. The lowest BCUT2D eigenvalue weighted by Crippen LogP contribution is -2.16. The molecule has 3 rings (SSSR count). The number of aromatic nitrogens is 2. The predicted molar refractivity (Wildman–Crippen MR) is 81.1 cm³/mol. The normalized spacial score (nSPS) is 10.9. The van der Waals surface area contributed by atoms with Crippen molar-refractivity contribution in [3.05, 3.63) is 66.0 Å². The number of Topliss-reactive ketones (excluding diaryl/α,β-unsaturated/α-hetero) is 1. The molecule has 1 aromatic heterocycles. The number of benzene rings is 2. The molecule has 0 atom stereocenters. The number of aliphatic hydroxyl groups excluding tert-OH is 1. The van der Waals surface area contributed by atoms with E-state index in [1.165, 1.54) is 0 Å². The Morgan fingerprint density at radius 3 is 2.52 bits per heavy atom. The molecular weight excluding hydrogens is 264 g/mol. The van der Waals surface area contributed by atoms with Crippen LogP contribution in [0.5, 0.6) is 0 Å². The Balaban J connectivity index is 2.04. The van der Waals surface area contributed by atoms with Crippen molar-refractivity contribution in [2.75, 3.05) is 6.61 Å². The average Bonchev–Trinajstić information content (AvgIpc) is 2.86. The van der Waals surface area contributed by atoms with Gasteiger partial charge in [-0.05, 0) is 17.7 Å². The maximum atomic E-state index is 11.6. The smallest absolute Gasteiger partial charge is 0.177 e. The van der Waals surface area contributed by atoms with E-state index in [9.17, 15) is 4.79 Å². The first-order valence-corrected chi connectivity index (χ1v) is 6.88. The van der Waals surface area contributed by atoms with Crippen LogP contribution in [0.4, 0.5) is 0 Å². The molecule has 0 radical (unpaired) electrons. The van der Waals surface area contributed by atoms with Gasteiger partial charge in [0.05, 0.1) is 17.6 Å². The van der Waals surface area contributed by atoms with Crippen LogP contribution in [0.2, 0.25) is 0 Å². The number of carbonyl (C=O) groups is 1. The van der Waals surface area contributed by atoms with E-state index >= 15 is 0 Å². The lowest BCUT2D eigenvalue weighted by molar-refractivity contribution is -0.122. The second-order valence-corrected chi connectivity index (χ2v) is 4.96. The second kappa shape index (κ2) is 5.89. The van der Waals surface area contributed by atoms with Crippen LogP contribution >= 0.6 is 0 Å². The Labute approximate surface area is 122 Å². The van der Waals surface area contributed by atoms with E-state index in [2.05, 4.69) is 4.98 Å². The van der Waals surface area contributed by atoms with Crippen LogP contribution in [0.3, 0.4) is 0 Å². The van der Waals surface area contributed by atoms with Gasteiger partial charge in [-0.25, -0.2) is 4.98 Å². The van der Waals surface area contributed by atoms with E-state index in [1.54, 1.807) is 0 Å². The highest BCUT2D eigenvalue weighted by Gasteiger charge is 2.13. The molecule has 0 aliphatic rings. The molecule has 0 unspecified atom stereocenters. The largest absolute Gasteiger partial charge is 0.389 e. The van der Waals surface area contributed by atoms with Crippen molar-refractivity contribution >= 4 is 16.8 Å². The number of aliphatic hydroxyl groups is 1. The summed E-state index contributed by atoms with van der Waals surface area (Å²) in [5.41, 5.74) is 2.94. The van der Waals surface area contributed by atoms with Gasteiger partial charge in [-0.15, -0.1) is 0 Å². The van der Waals surface area contributed by atoms with E-state index in [0.29, 0.717) is 6.42 Å². The zero-order valence-corrected chi connectivity index (χ0v) is 11.6. The summed E-state index contributed by atoms with van der Waals surface area (Å²) in [4.78, 5) is 16.3. The second-order valence-electron chi connectivity index (χ2n) is 4.96. The van der Waals surface area contributed by atoms with E-state index in [1.807, 2.05) is 59.2 Å². The van der Waals surface area contributed by atoms with Crippen molar-refractivity contribution in [2.45, 2.75) is 13.0 Å². The van der Waals surface area contributed by atoms with Gasteiger partial charge in [0.25, 0.3) is 0 Å². The molecule has 3 aromatic rings. The molecule has 0 bridgehead atoms. The monoisotopic (exact) mass is 280 g/mol. The first-order chi connectivity index (χ1) is 10.3. The highest BCUT2D eigenvalue weighted by atomic mass is 16.3. The van der Waals surface area contributed by atoms with Gasteiger partial charge in [0, 0.05) is 6.42 Å². The topological polar surface area (TPSA) is 55.1 Å². The summed E-state index contributed by atoms with van der Waals surface area (Å²) in [5, 5.41) is 9.00. The third-order valence-electron chi connectivity index (χ3n) is 3.45. The van der Waals surface area contributed by atoms with Crippen LogP contribution in [-0.2, 0) is 17.8 Å². The fourth-order valence-electron chi connectivity index (χ4n) is 2.44. The maximum Gasteiger partial charge on any atom is 0.177 e. The Morgan fingerprint density at radius 2 is 1.76 bits per heavy atom. The van der Waals surface area contributed by atoms with Crippen molar-refractivity contribution in [1.82, 2.24) is 9.55 Å². The quantitative estimate of drug-likeness (QED) is 0.779. The molecule has 4 heteroatoms. The Bertz CT molecular complexity index is 763. The van der Waals surface area contributed by atoms with Gasteiger partial charge in [0.15, 0.2) is 5.78 Å². The van der Waals surface area contributed by atoms with Crippen LogP contribution in [0, 0.1) is 0 Å². The average molecular weight is 280 g/mol. The van der Waals surface area contributed by atoms with E-state index in [0.717, 1.165) is 22.4 Å². The minimum atomic E-state index is -0.447. The number of fused-ring (bicyclic) bond motifs is 1. The van der Waals surface area contributed by atoms with Gasteiger partial charge in [0.1, 0.15) is 12.4 Å². The molecule has 106 valence electrons. The lowest BCUT2D eigenvalue weighted by atomic mass is 10.1. The van der Waals surface area contributed by atoms with Crippen molar-refractivity contribution in [3.63, 3.8) is 0 Å². The molecule has 2 aromatic carbocycles. The van der Waals surface area contributed by atoms with Crippen LogP contribution in [0.1, 0.15) is 11.4 Å². The predicted octanol–water partition coefficient (Wildman–Crippen LogP) is 2.19. The van der Waals surface area contributed by atoms with Crippen molar-refractivity contribution < 1.29 is 9.90 Å². The van der Waals surface area contributed by atoms with Crippen LogP contribution < -0.4 is 0 Å². The standard InChI is InChI=1S/C17H16N2O2/c20-12-14(21)11-19-16-9-5-4-8-15(16)18-17(19)10-13-6-2-1-3-7-13/h1-9,20H,10-12H2. The van der Waals surface area contributed by atoms with Crippen molar-refractivity contribution in [1.29, 1.82) is 0 Å². The van der Waals surface area contributed by atoms with Gasteiger partial charge < -0.3 is 9.67 Å². The number of nitrogens with zero attached hydrogens (tertiary/aromatic N) is 2. The number of hydrogen-bond donors (Lipinski definition) is 1. The van der Waals surface area contributed by atoms with Crippen LogP contribution in [-0.4, -0.2) is 27.0 Å². The minimum Gasteiger partial charge on any atom is -0.389 e. The SMILES string of the molecule is O=C(CO)Cn1c(Cc2ccccc2)nc2ccccc21. The summed E-state index contributed by atoms with van der Waals surface area (Å²) in [7, 11) is 0. The molecule has 0 aliphatic heterocycles. The summed E-state index contributed by atoms with van der Waals surface area (Å²) < 4.78 is 1.89. The zero-order valence-electron chi connectivity index (χ0n) is 11.6. The molecule has 0 spiro atoms. The van der Waals surface area contributed by atoms with E-state index < -0.39 is 6.61 Å². The molecular formula is C17H16N2O2. The highest BCUT2D eigenvalue weighted by Crippen LogP contribution is 2.18. The number of imidazole rings is 1. The Kier molecular flexibility index (Phi) is 3.79. The minimum absolute atomic E-state index is 0.152. The molecule has 0 fully saturated rings. The molecule has 21 heavy (non-hydrogen) atoms. The van der Waals surface area contributed by atoms with Gasteiger partial charge in [-0.1, -0.05) is 42.5 Å². The lowest BCUT2D eigenvalue weighted by Gasteiger charge is -2.07. The van der Waals surface area contributed by atoms with E-state index in [4.69, 9.17) is 5.11 Å². The number of carbonyl (C=O) groups excluding carboxylic acids is 1. The first-order valence-electron chi connectivity index (χ1n) is 6.88. The van der Waals surface area contributed by atoms with E-state index in [-0.39, 0.29) is 12.3 Å². The summed E-state index contributed by atoms with van der Waals surface area (Å²) in [6.07, 6.45) is 0.661. The fourth-order valence-corrected chi connectivity index (χ4v) is 2.44. The summed E-state index contributed by atoms with van der Waals surface area (Å²) in [6.45, 7) is -0.295.